The molecule has 0 spiro atoms. The zero-order valence-corrected chi connectivity index (χ0v) is 18.9. The maximum atomic E-state index is 12.4. The van der Waals surface area contributed by atoms with Gasteiger partial charge in [-0.25, -0.2) is 0 Å². The SMILES string of the molecule is Cc1cccc(NC(=O)CSc2nnc(COc3c(C)cccc3C)n2C(C)C)c1. The van der Waals surface area contributed by atoms with Gasteiger partial charge in [-0.2, -0.15) is 0 Å². The fourth-order valence-corrected chi connectivity index (χ4v) is 4.12. The maximum Gasteiger partial charge on any atom is 0.234 e. The van der Waals surface area contributed by atoms with Gasteiger partial charge in [0.2, 0.25) is 5.91 Å². The van der Waals surface area contributed by atoms with Crippen molar-refractivity contribution < 1.29 is 9.53 Å². The van der Waals surface area contributed by atoms with Crippen LogP contribution < -0.4 is 10.1 Å². The van der Waals surface area contributed by atoms with Gasteiger partial charge in [0.1, 0.15) is 12.4 Å². The smallest absolute Gasteiger partial charge is 0.234 e. The molecule has 0 unspecified atom stereocenters. The summed E-state index contributed by atoms with van der Waals surface area (Å²) in [4.78, 5) is 12.4. The fraction of sp³-hybridized carbons (Fsp3) is 0.348. The summed E-state index contributed by atoms with van der Waals surface area (Å²) in [5.41, 5.74) is 4.09. The molecule has 158 valence electrons. The number of carbonyl (C=O) groups excluding carboxylic acids is 1. The van der Waals surface area contributed by atoms with Gasteiger partial charge < -0.3 is 14.6 Å². The predicted molar refractivity (Wildman–Crippen MR) is 121 cm³/mol. The van der Waals surface area contributed by atoms with E-state index in [2.05, 4.69) is 29.4 Å². The Morgan fingerprint density at radius 2 is 1.80 bits per heavy atom. The van der Waals surface area contributed by atoms with E-state index in [-0.39, 0.29) is 17.7 Å². The van der Waals surface area contributed by atoms with Gasteiger partial charge >= 0.3 is 0 Å². The number of hydrogen-bond acceptors (Lipinski definition) is 5. The summed E-state index contributed by atoms with van der Waals surface area (Å²) >= 11 is 1.38. The van der Waals surface area contributed by atoms with E-state index in [0.717, 1.165) is 34.0 Å². The minimum atomic E-state index is -0.0720. The molecule has 0 saturated carbocycles. The van der Waals surface area contributed by atoms with Gasteiger partial charge in [-0.05, 0) is 63.4 Å². The number of aryl methyl sites for hydroxylation is 3. The number of para-hydroxylation sites is 1. The molecule has 6 nitrogen and oxygen atoms in total. The number of rotatable bonds is 8. The number of anilines is 1. The largest absolute Gasteiger partial charge is 0.485 e. The third kappa shape index (κ3) is 5.42. The quantitative estimate of drug-likeness (QED) is 0.510. The summed E-state index contributed by atoms with van der Waals surface area (Å²) in [6.45, 7) is 10.5. The molecule has 0 aliphatic carbocycles. The van der Waals surface area contributed by atoms with E-state index in [1.807, 2.05) is 67.8 Å². The van der Waals surface area contributed by atoms with Gasteiger partial charge in [0.15, 0.2) is 11.0 Å². The van der Waals surface area contributed by atoms with Crippen LogP contribution in [0.15, 0.2) is 47.6 Å². The van der Waals surface area contributed by atoms with Crippen molar-refractivity contribution in [3.8, 4) is 5.75 Å². The summed E-state index contributed by atoms with van der Waals surface area (Å²) < 4.78 is 8.09. The van der Waals surface area contributed by atoms with Gasteiger partial charge in [-0.1, -0.05) is 42.1 Å². The normalized spacial score (nSPS) is 11.0. The van der Waals surface area contributed by atoms with Crippen LogP contribution in [-0.2, 0) is 11.4 Å². The van der Waals surface area contributed by atoms with Crippen molar-refractivity contribution in [2.75, 3.05) is 11.1 Å². The van der Waals surface area contributed by atoms with Crippen molar-refractivity contribution in [1.29, 1.82) is 0 Å². The maximum absolute atomic E-state index is 12.4. The van der Waals surface area contributed by atoms with Crippen LogP contribution in [0.1, 0.15) is 42.4 Å². The molecule has 7 heteroatoms. The van der Waals surface area contributed by atoms with Crippen molar-refractivity contribution in [2.24, 2.45) is 0 Å². The molecule has 0 fully saturated rings. The molecule has 0 atom stereocenters. The highest BCUT2D eigenvalue weighted by atomic mass is 32.2. The van der Waals surface area contributed by atoms with E-state index >= 15 is 0 Å². The number of hydrogen-bond donors (Lipinski definition) is 1. The molecule has 0 saturated heterocycles. The molecule has 3 aromatic rings. The molecule has 30 heavy (non-hydrogen) atoms. The van der Waals surface area contributed by atoms with Gasteiger partial charge in [0, 0.05) is 11.7 Å². The van der Waals surface area contributed by atoms with Crippen LogP contribution in [0.2, 0.25) is 0 Å². The summed E-state index contributed by atoms with van der Waals surface area (Å²) in [7, 11) is 0. The fourth-order valence-electron chi connectivity index (χ4n) is 3.24. The first-order valence-electron chi connectivity index (χ1n) is 9.97. The van der Waals surface area contributed by atoms with Crippen LogP contribution in [-0.4, -0.2) is 26.4 Å². The van der Waals surface area contributed by atoms with E-state index in [4.69, 9.17) is 4.74 Å². The third-order valence-electron chi connectivity index (χ3n) is 4.64. The summed E-state index contributed by atoms with van der Waals surface area (Å²) in [6.07, 6.45) is 0. The number of nitrogens with zero attached hydrogens (tertiary/aromatic N) is 3. The first-order valence-corrected chi connectivity index (χ1v) is 11.0. The lowest BCUT2D eigenvalue weighted by Gasteiger charge is -2.15. The topological polar surface area (TPSA) is 69.0 Å². The predicted octanol–water partition coefficient (Wildman–Crippen LogP) is 5.09. The number of amides is 1. The minimum Gasteiger partial charge on any atom is -0.485 e. The molecular weight excluding hydrogens is 396 g/mol. The van der Waals surface area contributed by atoms with Crippen LogP contribution in [0.5, 0.6) is 5.75 Å². The Kier molecular flexibility index (Phi) is 7.15. The molecule has 0 radical (unpaired) electrons. The number of thioether (sulfide) groups is 1. The Bertz CT molecular complexity index is 1010. The lowest BCUT2D eigenvalue weighted by Crippen LogP contribution is -2.15. The van der Waals surface area contributed by atoms with Gasteiger partial charge in [0.25, 0.3) is 0 Å². The van der Waals surface area contributed by atoms with E-state index in [1.165, 1.54) is 11.8 Å². The first kappa shape index (κ1) is 21.9. The number of aromatic nitrogens is 3. The number of carbonyl (C=O) groups is 1. The van der Waals surface area contributed by atoms with Crippen molar-refractivity contribution in [3.63, 3.8) is 0 Å². The zero-order chi connectivity index (χ0) is 21.7. The highest BCUT2D eigenvalue weighted by Gasteiger charge is 2.18. The summed E-state index contributed by atoms with van der Waals surface area (Å²) in [5, 5.41) is 12.3. The Labute approximate surface area is 182 Å². The molecule has 1 amide bonds. The Morgan fingerprint density at radius 3 is 2.47 bits per heavy atom. The highest BCUT2D eigenvalue weighted by Crippen LogP contribution is 2.26. The Balaban J connectivity index is 1.66. The third-order valence-corrected chi connectivity index (χ3v) is 5.58. The molecule has 3 rings (SSSR count). The van der Waals surface area contributed by atoms with Crippen LogP contribution in [0, 0.1) is 20.8 Å². The van der Waals surface area contributed by atoms with Crippen molar-refractivity contribution in [2.45, 2.75) is 52.4 Å². The number of ether oxygens (including phenoxy) is 1. The van der Waals surface area contributed by atoms with Crippen molar-refractivity contribution in [3.05, 3.63) is 65.0 Å². The first-order chi connectivity index (χ1) is 14.3. The second kappa shape index (κ2) is 9.80. The molecule has 0 bridgehead atoms. The van der Waals surface area contributed by atoms with Gasteiger partial charge in [0.05, 0.1) is 5.75 Å². The second-order valence-corrected chi connectivity index (χ2v) is 8.52. The van der Waals surface area contributed by atoms with Crippen molar-refractivity contribution in [1.82, 2.24) is 14.8 Å². The van der Waals surface area contributed by atoms with Gasteiger partial charge in [-0.3, -0.25) is 4.79 Å². The number of nitrogens with one attached hydrogen (secondary N) is 1. The van der Waals surface area contributed by atoms with E-state index in [1.54, 1.807) is 0 Å². The summed E-state index contributed by atoms with van der Waals surface area (Å²) in [5.74, 6) is 1.81. The molecule has 2 aromatic carbocycles. The van der Waals surface area contributed by atoms with E-state index in [0.29, 0.717) is 11.8 Å². The summed E-state index contributed by atoms with van der Waals surface area (Å²) in [6, 6.07) is 14.0. The number of benzene rings is 2. The Hall–Kier alpha value is -2.80. The molecule has 0 aliphatic rings. The second-order valence-electron chi connectivity index (χ2n) is 7.58. The molecule has 1 heterocycles. The Morgan fingerprint density at radius 1 is 1.10 bits per heavy atom. The average Bonchev–Trinajstić information content (AvgIpc) is 3.09. The van der Waals surface area contributed by atoms with Crippen LogP contribution in [0.3, 0.4) is 0 Å². The average molecular weight is 425 g/mol. The van der Waals surface area contributed by atoms with Gasteiger partial charge in [-0.15, -0.1) is 10.2 Å². The molecule has 1 aromatic heterocycles. The van der Waals surface area contributed by atoms with Crippen LogP contribution in [0.25, 0.3) is 0 Å². The molecular formula is C23H28N4O2S. The lowest BCUT2D eigenvalue weighted by molar-refractivity contribution is -0.113. The minimum absolute atomic E-state index is 0.0720. The highest BCUT2D eigenvalue weighted by molar-refractivity contribution is 7.99. The van der Waals surface area contributed by atoms with Crippen LogP contribution >= 0.6 is 11.8 Å². The monoisotopic (exact) mass is 424 g/mol. The van der Waals surface area contributed by atoms with Crippen LogP contribution in [0.4, 0.5) is 5.69 Å². The van der Waals surface area contributed by atoms with E-state index < -0.39 is 0 Å². The standard InChI is InChI=1S/C23H28N4O2S/c1-15(2)27-20(13-29-22-17(4)9-7-10-18(22)5)25-26-23(27)30-14-21(28)24-19-11-6-8-16(3)12-19/h6-12,15H,13-14H2,1-5H3,(H,24,28). The van der Waals surface area contributed by atoms with E-state index in [9.17, 15) is 4.79 Å². The zero-order valence-electron chi connectivity index (χ0n) is 18.1. The molecule has 1 N–H and O–H groups in total. The van der Waals surface area contributed by atoms with Crippen molar-refractivity contribution >= 4 is 23.4 Å². The molecule has 0 aliphatic heterocycles. The lowest BCUT2D eigenvalue weighted by atomic mass is 10.1.